The van der Waals surface area contributed by atoms with Crippen LogP contribution in [0.15, 0.2) is 36.5 Å². The van der Waals surface area contributed by atoms with Gasteiger partial charge >= 0.3 is 0 Å². The Morgan fingerprint density at radius 2 is 1.86 bits per heavy atom. The summed E-state index contributed by atoms with van der Waals surface area (Å²) < 4.78 is 0. The van der Waals surface area contributed by atoms with Gasteiger partial charge in [-0.15, -0.1) is 0 Å². The predicted molar refractivity (Wildman–Crippen MR) is 109 cm³/mol. The number of nitro benzene ring substituents is 1. The van der Waals surface area contributed by atoms with Gasteiger partial charge in [0, 0.05) is 43.5 Å². The number of nitro groups is 1. The number of pyridine rings is 1. The smallest absolute Gasteiger partial charge is 0.294 e. The molecule has 0 bridgehead atoms. The highest BCUT2D eigenvalue weighted by atomic mass is 35.5. The van der Waals surface area contributed by atoms with Crippen molar-refractivity contribution in [1.29, 1.82) is 0 Å². The van der Waals surface area contributed by atoms with Crippen LogP contribution in [0.25, 0.3) is 0 Å². The molecule has 0 saturated carbocycles. The second-order valence-electron chi connectivity index (χ2n) is 6.44. The molecule has 2 heterocycles. The third-order valence-corrected chi connectivity index (χ3v) is 5.15. The number of anilines is 2. The molecular formula is C18H19Cl2N5O3. The third-order valence-electron chi connectivity index (χ3n) is 4.69. The summed E-state index contributed by atoms with van der Waals surface area (Å²) in [7, 11) is 0. The molecule has 1 N–H and O–H groups in total. The molecule has 1 atom stereocenters. The van der Waals surface area contributed by atoms with Gasteiger partial charge in [-0.1, -0.05) is 23.2 Å². The average molecular weight is 424 g/mol. The quantitative estimate of drug-likeness (QED) is 0.584. The Kier molecular flexibility index (Phi) is 6.33. The van der Waals surface area contributed by atoms with Crippen molar-refractivity contribution in [2.75, 3.05) is 36.4 Å². The lowest BCUT2D eigenvalue weighted by atomic mass is 10.2. The Bertz CT molecular complexity index is 870. The predicted octanol–water partition coefficient (Wildman–Crippen LogP) is 3.45. The van der Waals surface area contributed by atoms with E-state index in [9.17, 15) is 14.9 Å². The van der Waals surface area contributed by atoms with Gasteiger partial charge in [-0.3, -0.25) is 19.8 Å². The number of hydrogen-bond acceptors (Lipinski definition) is 6. The van der Waals surface area contributed by atoms with Crippen LogP contribution in [-0.2, 0) is 4.79 Å². The van der Waals surface area contributed by atoms with E-state index < -0.39 is 4.92 Å². The summed E-state index contributed by atoms with van der Waals surface area (Å²) in [5, 5.41) is 14.9. The second-order valence-corrected chi connectivity index (χ2v) is 7.31. The summed E-state index contributed by atoms with van der Waals surface area (Å²) in [6.07, 6.45) is 1.47. The molecule has 3 rings (SSSR count). The van der Waals surface area contributed by atoms with E-state index in [0.29, 0.717) is 47.7 Å². The highest BCUT2D eigenvalue weighted by Crippen LogP contribution is 2.31. The highest BCUT2D eigenvalue weighted by Gasteiger charge is 2.28. The lowest BCUT2D eigenvalue weighted by Crippen LogP contribution is -2.53. The van der Waals surface area contributed by atoms with Gasteiger partial charge in [0.15, 0.2) is 0 Å². The lowest BCUT2D eigenvalue weighted by molar-refractivity contribution is -0.384. The first-order valence-corrected chi connectivity index (χ1v) is 9.46. The van der Waals surface area contributed by atoms with Crippen LogP contribution < -0.4 is 10.2 Å². The molecule has 0 spiro atoms. The Balaban J connectivity index is 1.61. The van der Waals surface area contributed by atoms with E-state index in [2.05, 4.69) is 10.3 Å². The number of piperazine rings is 1. The van der Waals surface area contributed by atoms with Crippen molar-refractivity contribution in [3.05, 3.63) is 56.7 Å². The van der Waals surface area contributed by atoms with Gasteiger partial charge in [0.05, 0.1) is 16.0 Å². The molecule has 1 aromatic carbocycles. The van der Waals surface area contributed by atoms with Gasteiger partial charge in [-0.05, 0) is 31.2 Å². The van der Waals surface area contributed by atoms with E-state index in [1.54, 1.807) is 24.3 Å². The van der Waals surface area contributed by atoms with Gasteiger partial charge in [0.2, 0.25) is 5.91 Å². The average Bonchev–Trinajstić information content (AvgIpc) is 2.69. The van der Waals surface area contributed by atoms with E-state index in [0.717, 1.165) is 0 Å². The number of halogens is 2. The van der Waals surface area contributed by atoms with Crippen LogP contribution >= 0.6 is 23.2 Å². The Labute approximate surface area is 172 Å². The largest absolute Gasteiger partial charge is 0.363 e. The van der Waals surface area contributed by atoms with E-state index >= 15 is 0 Å². The molecule has 10 heteroatoms. The van der Waals surface area contributed by atoms with Crippen molar-refractivity contribution in [3.63, 3.8) is 0 Å². The van der Waals surface area contributed by atoms with Crippen molar-refractivity contribution in [1.82, 2.24) is 9.88 Å². The van der Waals surface area contributed by atoms with Gasteiger partial charge in [0.25, 0.3) is 5.69 Å². The Morgan fingerprint density at radius 3 is 2.46 bits per heavy atom. The topological polar surface area (TPSA) is 91.6 Å². The fourth-order valence-electron chi connectivity index (χ4n) is 3.11. The van der Waals surface area contributed by atoms with Gasteiger partial charge < -0.3 is 10.2 Å². The van der Waals surface area contributed by atoms with Crippen LogP contribution in [0.1, 0.15) is 6.92 Å². The summed E-state index contributed by atoms with van der Waals surface area (Å²) in [4.78, 5) is 31.4. The molecule has 1 amide bonds. The summed E-state index contributed by atoms with van der Waals surface area (Å²) in [6.45, 7) is 4.16. The number of nitrogens with zero attached hydrogens (tertiary/aromatic N) is 4. The molecule has 1 saturated heterocycles. The Morgan fingerprint density at radius 1 is 1.18 bits per heavy atom. The molecule has 1 unspecified atom stereocenters. The number of aromatic nitrogens is 1. The maximum absolute atomic E-state index is 12.5. The van der Waals surface area contributed by atoms with Crippen molar-refractivity contribution < 1.29 is 9.72 Å². The zero-order valence-corrected chi connectivity index (χ0v) is 16.7. The van der Waals surface area contributed by atoms with Gasteiger partial charge in [-0.25, -0.2) is 4.98 Å². The SMILES string of the molecule is CC(C(=O)Nc1ccc(Cl)cn1)N1CCN(c2ccc(Cl)cc2[N+](=O)[O-])CC1. The zero-order chi connectivity index (χ0) is 20.3. The molecule has 8 nitrogen and oxygen atoms in total. The molecular weight excluding hydrogens is 405 g/mol. The molecule has 28 heavy (non-hydrogen) atoms. The number of hydrogen-bond donors (Lipinski definition) is 1. The molecule has 1 aliphatic heterocycles. The van der Waals surface area contributed by atoms with Crippen LogP contribution in [0.3, 0.4) is 0 Å². The minimum absolute atomic E-state index is 0.0134. The number of carbonyl (C=O) groups excluding carboxylic acids is 1. The number of benzene rings is 1. The van der Waals surface area contributed by atoms with Crippen LogP contribution in [0, 0.1) is 10.1 Å². The van der Waals surface area contributed by atoms with E-state index in [1.165, 1.54) is 12.3 Å². The van der Waals surface area contributed by atoms with Crippen LogP contribution in [0.5, 0.6) is 0 Å². The van der Waals surface area contributed by atoms with Crippen molar-refractivity contribution in [2.45, 2.75) is 13.0 Å². The van der Waals surface area contributed by atoms with E-state index in [4.69, 9.17) is 23.2 Å². The van der Waals surface area contributed by atoms with Crippen molar-refractivity contribution in [3.8, 4) is 0 Å². The number of rotatable bonds is 5. The number of carbonyl (C=O) groups is 1. The number of amides is 1. The molecule has 0 aliphatic carbocycles. The summed E-state index contributed by atoms with van der Waals surface area (Å²) in [6, 6.07) is 7.61. The summed E-state index contributed by atoms with van der Waals surface area (Å²) in [5.41, 5.74) is 0.525. The number of nitrogens with one attached hydrogen (secondary N) is 1. The molecule has 0 radical (unpaired) electrons. The monoisotopic (exact) mass is 423 g/mol. The van der Waals surface area contributed by atoms with Gasteiger partial charge in [-0.2, -0.15) is 0 Å². The fourth-order valence-corrected chi connectivity index (χ4v) is 3.38. The lowest BCUT2D eigenvalue weighted by Gasteiger charge is -2.38. The summed E-state index contributed by atoms with van der Waals surface area (Å²) in [5.74, 6) is 0.275. The standard InChI is InChI=1S/C18H19Cl2N5O3/c1-12(18(26)22-17-5-3-14(20)11-21-17)23-6-8-24(9-7-23)15-4-2-13(19)10-16(15)25(27)28/h2-5,10-12H,6-9H2,1H3,(H,21,22,26). The maximum Gasteiger partial charge on any atom is 0.294 e. The second kappa shape index (κ2) is 8.72. The van der Waals surface area contributed by atoms with E-state index in [-0.39, 0.29) is 17.6 Å². The minimum Gasteiger partial charge on any atom is -0.363 e. The molecule has 1 aliphatic rings. The van der Waals surface area contributed by atoms with E-state index in [1.807, 2.05) is 16.7 Å². The van der Waals surface area contributed by atoms with Gasteiger partial charge in [0.1, 0.15) is 11.5 Å². The first-order valence-electron chi connectivity index (χ1n) is 8.70. The van der Waals surface area contributed by atoms with Crippen LogP contribution in [0.2, 0.25) is 10.0 Å². The zero-order valence-electron chi connectivity index (χ0n) is 15.1. The third kappa shape index (κ3) is 4.70. The van der Waals surface area contributed by atoms with Crippen LogP contribution in [-0.4, -0.2) is 52.9 Å². The highest BCUT2D eigenvalue weighted by molar-refractivity contribution is 6.31. The molecule has 1 aromatic heterocycles. The summed E-state index contributed by atoms with van der Waals surface area (Å²) >= 11 is 11.7. The maximum atomic E-state index is 12.5. The minimum atomic E-state index is -0.428. The normalized spacial score (nSPS) is 15.9. The first kappa shape index (κ1) is 20.3. The van der Waals surface area contributed by atoms with Crippen molar-refractivity contribution in [2.24, 2.45) is 0 Å². The molecule has 148 valence electrons. The van der Waals surface area contributed by atoms with Crippen molar-refractivity contribution >= 4 is 46.3 Å². The Hall–Kier alpha value is -2.42. The van der Waals surface area contributed by atoms with Crippen LogP contribution in [0.4, 0.5) is 17.2 Å². The first-order chi connectivity index (χ1) is 13.3. The molecule has 1 fully saturated rings. The molecule has 2 aromatic rings. The fraction of sp³-hybridized carbons (Fsp3) is 0.333.